The lowest BCUT2D eigenvalue weighted by atomic mass is 10.1. The number of aliphatic hydroxyl groups excluding tert-OH is 1. The van der Waals surface area contributed by atoms with Crippen LogP contribution in [0.1, 0.15) is 99.3 Å². The second kappa shape index (κ2) is 36.8. The Morgan fingerprint density at radius 3 is 1.00 bits per heavy atom. The zero-order chi connectivity index (χ0) is 38.4. The molecule has 52 heavy (non-hydrogen) atoms. The van der Waals surface area contributed by atoms with E-state index in [9.17, 15) is 4.79 Å². The van der Waals surface area contributed by atoms with E-state index in [4.69, 9.17) is 57.3 Å². The van der Waals surface area contributed by atoms with E-state index in [1.165, 1.54) is 37.2 Å². The van der Waals surface area contributed by atoms with Crippen molar-refractivity contribution in [3.8, 4) is 0 Å². The maximum Gasteiger partial charge on any atom is 0.434 e. The highest BCUT2D eigenvalue weighted by molar-refractivity contribution is 5.66. The molecule has 0 saturated heterocycles. The minimum absolute atomic E-state index is 0.0253. The molecular weight excluding hydrogens is 678 g/mol. The number of ether oxygens (including phenoxy) is 10. The van der Waals surface area contributed by atoms with E-state index in [0.29, 0.717) is 119 Å². The zero-order valence-corrected chi connectivity index (χ0v) is 33.8. The van der Waals surface area contributed by atoms with Crippen LogP contribution < -0.4 is 0 Å². The summed E-state index contributed by atoms with van der Waals surface area (Å²) in [6.07, 6.45) is 9.91. The van der Waals surface area contributed by atoms with Gasteiger partial charge in [-0.05, 0) is 54.4 Å². The van der Waals surface area contributed by atoms with E-state index < -0.39 is 17.3 Å². The first-order chi connectivity index (χ1) is 25.0. The fourth-order valence-corrected chi connectivity index (χ4v) is 4.44. The number of carbonyl (C=O) groups is 1. The van der Waals surface area contributed by atoms with Crippen LogP contribution in [-0.4, -0.2) is 160 Å². The number of hydroxylamine groups is 2. The number of nitrogens with zero attached hydrogens (tertiary/aromatic N) is 1. The van der Waals surface area contributed by atoms with Crippen LogP contribution in [0.2, 0.25) is 0 Å². The maximum absolute atomic E-state index is 12.5. The number of unbranched alkanes of at least 4 members (excludes halogenated alkanes) is 8. The first-order valence-electron chi connectivity index (χ1n) is 19.6. The Kier molecular flexibility index (Phi) is 36.0. The molecule has 1 amide bonds. The number of carbonyl (C=O) groups excluding carboxylic acids is 1. The topological polar surface area (TPSA) is 142 Å². The summed E-state index contributed by atoms with van der Waals surface area (Å²) in [7, 11) is 0. The van der Waals surface area contributed by atoms with Gasteiger partial charge >= 0.3 is 6.09 Å². The molecule has 14 heteroatoms. The molecule has 0 aromatic carbocycles. The molecule has 0 aliphatic heterocycles. The normalized spacial score (nSPS) is 12.1. The van der Waals surface area contributed by atoms with Crippen LogP contribution in [-0.2, 0) is 52.2 Å². The molecule has 0 atom stereocenters. The van der Waals surface area contributed by atoms with Crippen LogP contribution in [0.3, 0.4) is 0 Å². The first-order valence-corrected chi connectivity index (χ1v) is 19.6. The van der Waals surface area contributed by atoms with Gasteiger partial charge in [-0.3, -0.25) is 4.84 Å². The molecule has 0 unspecified atom stereocenters. The Labute approximate surface area is 315 Å². The van der Waals surface area contributed by atoms with Crippen molar-refractivity contribution in [1.82, 2.24) is 5.06 Å². The lowest BCUT2D eigenvalue weighted by Crippen LogP contribution is -2.42. The molecule has 0 rings (SSSR count). The minimum atomic E-state index is -0.545. The van der Waals surface area contributed by atoms with Gasteiger partial charge in [-0.25, -0.2) is 4.79 Å². The van der Waals surface area contributed by atoms with Crippen molar-refractivity contribution < 1.29 is 62.1 Å². The Morgan fingerprint density at radius 2 is 0.692 bits per heavy atom. The SMILES string of the molecule is CC(C)(C)OC(=O)N(CCCCCCCCCCCOCCOCCOCCOCCOCCOCCOCCOCCOCCO)OC(C)(C)C. The summed E-state index contributed by atoms with van der Waals surface area (Å²) < 4.78 is 54.5. The summed E-state index contributed by atoms with van der Waals surface area (Å²) in [4.78, 5) is 18.3. The first kappa shape index (κ1) is 50.8. The van der Waals surface area contributed by atoms with E-state index in [0.717, 1.165) is 32.3 Å². The van der Waals surface area contributed by atoms with Crippen LogP contribution in [0.25, 0.3) is 0 Å². The quantitative estimate of drug-likeness (QED) is 0.0615. The highest BCUT2D eigenvalue weighted by Crippen LogP contribution is 2.17. The van der Waals surface area contributed by atoms with Crippen molar-refractivity contribution in [2.45, 2.75) is 111 Å². The maximum atomic E-state index is 12.5. The molecule has 0 aromatic rings. The lowest BCUT2D eigenvalue weighted by Gasteiger charge is -2.31. The van der Waals surface area contributed by atoms with E-state index in [1.54, 1.807) is 0 Å². The number of rotatable bonds is 39. The molecular formula is C38H77NO13. The summed E-state index contributed by atoms with van der Waals surface area (Å²) >= 11 is 0. The van der Waals surface area contributed by atoms with E-state index in [2.05, 4.69) is 0 Å². The summed E-state index contributed by atoms with van der Waals surface area (Å²) in [5, 5.41) is 9.98. The van der Waals surface area contributed by atoms with Crippen molar-refractivity contribution >= 4 is 6.09 Å². The monoisotopic (exact) mass is 756 g/mol. The Morgan fingerprint density at radius 1 is 0.404 bits per heavy atom. The standard InChI is InChI=1S/C38H77NO13/c1-37(2,3)51-36(41)39(52-38(4,5)6)16-14-12-10-8-7-9-11-13-15-18-42-20-22-44-24-26-46-28-30-48-32-34-50-35-33-49-31-29-47-27-25-45-23-21-43-19-17-40/h40H,7-35H2,1-6H3. The second-order valence-corrected chi connectivity index (χ2v) is 14.2. The van der Waals surface area contributed by atoms with Crippen LogP contribution in [0.4, 0.5) is 4.79 Å². The molecule has 0 fully saturated rings. The van der Waals surface area contributed by atoms with Crippen LogP contribution >= 0.6 is 0 Å². The van der Waals surface area contributed by atoms with Gasteiger partial charge in [0.25, 0.3) is 0 Å². The summed E-state index contributed by atoms with van der Waals surface area (Å²) in [6.45, 7) is 21.4. The zero-order valence-electron chi connectivity index (χ0n) is 33.8. The van der Waals surface area contributed by atoms with Gasteiger partial charge in [0.2, 0.25) is 0 Å². The lowest BCUT2D eigenvalue weighted by molar-refractivity contribution is -0.211. The van der Waals surface area contributed by atoms with Crippen LogP contribution in [0, 0.1) is 0 Å². The van der Waals surface area contributed by atoms with Gasteiger partial charge < -0.3 is 52.5 Å². The van der Waals surface area contributed by atoms with E-state index in [1.807, 2.05) is 41.5 Å². The van der Waals surface area contributed by atoms with Crippen molar-refractivity contribution in [1.29, 1.82) is 0 Å². The van der Waals surface area contributed by atoms with Gasteiger partial charge in [0.15, 0.2) is 0 Å². The third kappa shape index (κ3) is 41.6. The number of amides is 1. The largest absolute Gasteiger partial charge is 0.442 e. The summed E-state index contributed by atoms with van der Waals surface area (Å²) in [5.41, 5.74) is -0.996. The molecule has 0 radical (unpaired) electrons. The van der Waals surface area contributed by atoms with Crippen molar-refractivity contribution in [3.05, 3.63) is 0 Å². The number of hydrogen-bond donors (Lipinski definition) is 1. The van der Waals surface area contributed by atoms with E-state index in [-0.39, 0.29) is 6.61 Å². The Balaban J connectivity index is 3.30. The molecule has 0 aliphatic carbocycles. The van der Waals surface area contributed by atoms with Crippen molar-refractivity contribution in [3.63, 3.8) is 0 Å². The molecule has 0 aliphatic rings. The van der Waals surface area contributed by atoms with Crippen molar-refractivity contribution in [2.75, 3.05) is 132 Å². The van der Waals surface area contributed by atoms with Crippen molar-refractivity contribution in [2.24, 2.45) is 0 Å². The third-order valence-electron chi connectivity index (χ3n) is 6.84. The average Bonchev–Trinajstić information content (AvgIpc) is 3.07. The molecule has 0 aromatic heterocycles. The average molecular weight is 756 g/mol. The molecule has 1 N–H and O–H groups in total. The highest BCUT2D eigenvalue weighted by Gasteiger charge is 2.26. The van der Waals surface area contributed by atoms with Gasteiger partial charge in [-0.2, -0.15) is 5.06 Å². The smallest absolute Gasteiger partial charge is 0.434 e. The van der Waals surface area contributed by atoms with Crippen LogP contribution in [0.5, 0.6) is 0 Å². The second-order valence-electron chi connectivity index (χ2n) is 14.2. The molecule has 0 saturated carbocycles. The van der Waals surface area contributed by atoms with Gasteiger partial charge in [0, 0.05) is 6.61 Å². The fraction of sp³-hybridized carbons (Fsp3) is 0.974. The minimum Gasteiger partial charge on any atom is -0.442 e. The highest BCUT2D eigenvalue weighted by atomic mass is 16.7. The molecule has 312 valence electrons. The number of aliphatic hydroxyl groups is 1. The fourth-order valence-electron chi connectivity index (χ4n) is 4.44. The number of hydrogen-bond acceptors (Lipinski definition) is 13. The van der Waals surface area contributed by atoms with Gasteiger partial charge in [0.05, 0.1) is 131 Å². The molecule has 0 spiro atoms. The van der Waals surface area contributed by atoms with E-state index >= 15 is 0 Å². The third-order valence-corrected chi connectivity index (χ3v) is 6.84. The molecule has 0 bridgehead atoms. The summed E-state index contributed by atoms with van der Waals surface area (Å²) in [5.74, 6) is 0. The predicted molar refractivity (Wildman–Crippen MR) is 200 cm³/mol. The van der Waals surface area contributed by atoms with Gasteiger partial charge in [0.1, 0.15) is 5.60 Å². The Hall–Kier alpha value is -1.17. The van der Waals surface area contributed by atoms with Gasteiger partial charge in [-0.15, -0.1) is 0 Å². The predicted octanol–water partition coefficient (Wildman–Crippen LogP) is 5.61. The molecule has 14 nitrogen and oxygen atoms in total. The van der Waals surface area contributed by atoms with Gasteiger partial charge in [-0.1, -0.05) is 44.9 Å². The Bertz CT molecular complexity index is 749. The van der Waals surface area contributed by atoms with Crippen LogP contribution in [0.15, 0.2) is 0 Å². The summed E-state index contributed by atoms with van der Waals surface area (Å²) in [6, 6.07) is 0. The molecule has 0 heterocycles.